The van der Waals surface area contributed by atoms with Crippen LogP contribution in [-0.2, 0) is 24.6 Å². The molecule has 0 aromatic heterocycles. The Hall–Kier alpha value is -5.82. The van der Waals surface area contributed by atoms with Crippen LogP contribution in [0.2, 0.25) is 0 Å². The Morgan fingerprint density at radius 1 is 0.860 bits per heavy atom. The highest BCUT2D eigenvalue weighted by atomic mass is 16.5. The molecular formula is C43H35NO6. The fourth-order valence-corrected chi connectivity index (χ4v) is 9.12. The van der Waals surface area contributed by atoms with Gasteiger partial charge in [0.1, 0.15) is 11.5 Å². The van der Waals surface area contributed by atoms with E-state index in [9.17, 15) is 14.7 Å². The Balaban J connectivity index is 1.36. The van der Waals surface area contributed by atoms with Crippen molar-refractivity contribution in [2.24, 2.45) is 23.7 Å². The number of carbonyl (C=O) groups is 4. The van der Waals surface area contributed by atoms with Gasteiger partial charge in [0.15, 0.2) is 11.6 Å². The molecule has 8 rings (SSSR count). The number of ether oxygens (including phenoxy) is 1. The lowest BCUT2D eigenvalue weighted by molar-refractivity contribution is -0.135. The van der Waals surface area contributed by atoms with Crippen LogP contribution >= 0.6 is 0 Å². The highest BCUT2D eigenvalue weighted by Gasteiger charge is 2.66. The number of carbonyl (C=O) groups excluding carboxylic acids is 4. The molecule has 50 heavy (non-hydrogen) atoms. The van der Waals surface area contributed by atoms with Crippen molar-refractivity contribution in [3.8, 4) is 11.5 Å². The Morgan fingerprint density at radius 2 is 1.56 bits per heavy atom. The molecule has 4 aromatic rings. The maximum Gasteiger partial charge on any atom is 0.238 e. The molecule has 0 spiro atoms. The third kappa shape index (κ3) is 4.49. The monoisotopic (exact) mass is 661 g/mol. The number of benzene rings is 4. The van der Waals surface area contributed by atoms with Crippen molar-refractivity contribution in [3.05, 3.63) is 150 Å². The molecule has 4 aliphatic rings. The van der Waals surface area contributed by atoms with E-state index < -0.39 is 35.0 Å². The summed E-state index contributed by atoms with van der Waals surface area (Å²) < 4.78 is 5.61. The summed E-state index contributed by atoms with van der Waals surface area (Å²) >= 11 is 0. The quantitative estimate of drug-likeness (QED) is 0.175. The van der Waals surface area contributed by atoms with Crippen LogP contribution in [0, 0.1) is 23.7 Å². The lowest BCUT2D eigenvalue weighted by atomic mass is 9.44. The van der Waals surface area contributed by atoms with Gasteiger partial charge in [-0.3, -0.25) is 24.1 Å². The second kappa shape index (κ2) is 11.9. The molecule has 3 aliphatic carbocycles. The van der Waals surface area contributed by atoms with Gasteiger partial charge in [0.25, 0.3) is 0 Å². The van der Waals surface area contributed by atoms with Crippen molar-refractivity contribution < 1.29 is 29.0 Å². The molecule has 0 bridgehead atoms. The Morgan fingerprint density at radius 3 is 2.24 bits per heavy atom. The zero-order valence-corrected chi connectivity index (χ0v) is 27.5. The summed E-state index contributed by atoms with van der Waals surface area (Å²) in [4.78, 5) is 60.0. The minimum atomic E-state index is -1.44. The topological polar surface area (TPSA) is 101 Å². The summed E-state index contributed by atoms with van der Waals surface area (Å²) in [5.74, 6) is -4.30. The van der Waals surface area contributed by atoms with Crippen molar-refractivity contribution in [2.75, 3.05) is 12.0 Å². The number of amides is 2. The number of rotatable bonds is 6. The van der Waals surface area contributed by atoms with Gasteiger partial charge in [-0.2, -0.15) is 0 Å². The molecule has 1 saturated heterocycles. The standard InChI is InChI=1S/C43H35NO6/c1-3-25-14-16-28(17-15-25)44-41(48)31-20-19-30-33(38(31)42(44)49)23-35-40(47)32(26-10-6-4-7-11-26)24-37(46)43(35,27-12-8-5-9-13-27)39(30)34-22-29(50-2)18-21-36(34)45/h3-19,21-22,24,31,33,35,38-39,45H,1,20,23H2,2H3. The third-order valence-corrected chi connectivity index (χ3v) is 11.3. The van der Waals surface area contributed by atoms with Crippen LogP contribution in [0.1, 0.15) is 41.0 Å². The largest absolute Gasteiger partial charge is 0.508 e. The van der Waals surface area contributed by atoms with Crippen molar-refractivity contribution in [1.29, 1.82) is 0 Å². The predicted octanol–water partition coefficient (Wildman–Crippen LogP) is 7.07. The maximum absolute atomic E-state index is 15.1. The Labute approximate surface area is 290 Å². The summed E-state index contributed by atoms with van der Waals surface area (Å²) in [5, 5.41) is 11.6. The number of anilines is 1. The average Bonchev–Trinajstić information content (AvgIpc) is 3.42. The second-order valence-electron chi connectivity index (χ2n) is 13.5. The number of imide groups is 1. The normalized spacial score (nSPS) is 27.1. The molecule has 0 radical (unpaired) electrons. The fourth-order valence-electron chi connectivity index (χ4n) is 9.12. The number of hydrogen-bond acceptors (Lipinski definition) is 6. The highest BCUT2D eigenvalue weighted by molar-refractivity contribution is 6.32. The molecule has 1 aliphatic heterocycles. The molecule has 6 atom stereocenters. The van der Waals surface area contributed by atoms with Crippen LogP contribution in [0.15, 0.2) is 127 Å². The van der Waals surface area contributed by atoms with Crippen LogP contribution < -0.4 is 9.64 Å². The number of fused-ring (bicyclic) bond motifs is 4. The fraction of sp³-hybridized carbons (Fsp3) is 0.209. The zero-order chi connectivity index (χ0) is 34.7. The number of phenolic OH excluding ortho intramolecular Hbond substituents is 1. The van der Waals surface area contributed by atoms with Gasteiger partial charge in [-0.1, -0.05) is 97.1 Å². The number of aromatic hydroxyl groups is 1. The smallest absolute Gasteiger partial charge is 0.238 e. The van der Waals surface area contributed by atoms with E-state index in [1.807, 2.05) is 78.9 Å². The van der Waals surface area contributed by atoms with E-state index in [0.717, 1.165) is 11.1 Å². The molecule has 1 N–H and O–H groups in total. The zero-order valence-electron chi connectivity index (χ0n) is 27.5. The summed E-state index contributed by atoms with van der Waals surface area (Å²) in [6.07, 6.45) is 5.62. The molecule has 7 nitrogen and oxygen atoms in total. The highest BCUT2D eigenvalue weighted by Crippen LogP contribution is 2.64. The van der Waals surface area contributed by atoms with E-state index in [1.54, 1.807) is 30.3 Å². The van der Waals surface area contributed by atoms with Crippen LogP contribution in [0.4, 0.5) is 5.69 Å². The molecule has 2 fully saturated rings. The SMILES string of the molecule is C=Cc1ccc(N2C(=O)C3CC=C4C(CC5C(=O)C(c6ccccc6)=CC(=O)C5(c5ccccc5)C4c4cc(OC)ccc4O)C3C2=O)cc1. The molecule has 4 aromatic carbocycles. The summed E-state index contributed by atoms with van der Waals surface area (Å²) in [6.45, 7) is 3.80. The van der Waals surface area contributed by atoms with Gasteiger partial charge in [0, 0.05) is 23.0 Å². The van der Waals surface area contributed by atoms with E-state index in [1.165, 1.54) is 24.2 Å². The third-order valence-electron chi connectivity index (χ3n) is 11.3. The van der Waals surface area contributed by atoms with Gasteiger partial charge in [-0.15, -0.1) is 0 Å². The van der Waals surface area contributed by atoms with Gasteiger partial charge in [-0.05, 0) is 71.9 Å². The van der Waals surface area contributed by atoms with E-state index in [2.05, 4.69) is 6.58 Å². The van der Waals surface area contributed by atoms with Crippen molar-refractivity contribution >= 4 is 40.7 Å². The van der Waals surface area contributed by atoms with Crippen LogP contribution in [0.3, 0.4) is 0 Å². The van der Waals surface area contributed by atoms with E-state index in [-0.39, 0.29) is 42.0 Å². The number of methoxy groups -OCH3 is 1. The molecule has 2 amide bonds. The number of phenols is 1. The van der Waals surface area contributed by atoms with Gasteiger partial charge in [-0.25, -0.2) is 0 Å². The van der Waals surface area contributed by atoms with E-state index in [4.69, 9.17) is 4.74 Å². The molecular weight excluding hydrogens is 626 g/mol. The number of nitrogens with zero attached hydrogens (tertiary/aromatic N) is 1. The Kier molecular flexibility index (Phi) is 7.52. The minimum Gasteiger partial charge on any atom is -0.508 e. The number of hydrogen-bond donors (Lipinski definition) is 1. The lowest BCUT2D eigenvalue weighted by Gasteiger charge is -2.55. The first-order valence-corrected chi connectivity index (χ1v) is 16.9. The van der Waals surface area contributed by atoms with E-state index in [0.29, 0.717) is 33.7 Å². The van der Waals surface area contributed by atoms with Crippen LogP contribution in [0.25, 0.3) is 11.6 Å². The maximum atomic E-state index is 15.1. The molecule has 1 heterocycles. The van der Waals surface area contributed by atoms with Gasteiger partial charge < -0.3 is 9.84 Å². The van der Waals surface area contributed by atoms with Crippen LogP contribution in [0.5, 0.6) is 11.5 Å². The molecule has 6 unspecified atom stereocenters. The average molecular weight is 662 g/mol. The first-order chi connectivity index (χ1) is 24.3. The minimum absolute atomic E-state index is 0.0515. The number of allylic oxidation sites excluding steroid dienone is 4. The lowest BCUT2D eigenvalue weighted by Crippen LogP contribution is -2.58. The molecule has 248 valence electrons. The van der Waals surface area contributed by atoms with E-state index >= 15 is 9.59 Å². The van der Waals surface area contributed by atoms with Crippen molar-refractivity contribution in [2.45, 2.75) is 24.2 Å². The van der Waals surface area contributed by atoms with Gasteiger partial charge in [0.05, 0.1) is 30.0 Å². The van der Waals surface area contributed by atoms with Crippen molar-refractivity contribution in [1.82, 2.24) is 0 Å². The van der Waals surface area contributed by atoms with Gasteiger partial charge >= 0.3 is 0 Å². The Bertz CT molecular complexity index is 2130. The number of Topliss-reactive ketones (excluding diaryl/α,β-unsaturated/α-hetero) is 1. The predicted molar refractivity (Wildman–Crippen MR) is 190 cm³/mol. The first kappa shape index (κ1) is 31.4. The molecule has 1 saturated carbocycles. The van der Waals surface area contributed by atoms with Crippen molar-refractivity contribution in [3.63, 3.8) is 0 Å². The first-order valence-electron chi connectivity index (χ1n) is 16.9. The second-order valence-corrected chi connectivity index (χ2v) is 13.5. The van der Waals surface area contributed by atoms with Gasteiger partial charge in [0.2, 0.25) is 11.8 Å². The van der Waals surface area contributed by atoms with Crippen LogP contribution in [-0.4, -0.2) is 35.6 Å². The number of ketones is 2. The summed E-state index contributed by atoms with van der Waals surface area (Å²) in [5.41, 5.74) is 2.71. The molecule has 7 heteroatoms. The summed E-state index contributed by atoms with van der Waals surface area (Å²) in [7, 11) is 1.53. The summed E-state index contributed by atoms with van der Waals surface area (Å²) in [6, 6.07) is 30.5.